The molecule has 0 saturated carbocycles. The number of aryl methyl sites for hydroxylation is 1. The van der Waals surface area contributed by atoms with Crippen molar-refractivity contribution in [1.29, 1.82) is 0 Å². The molecule has 0 atom stereocenters. The number of benzene rings is 1. The average molecular weight is 365 g/mol. The summed E-state index contributed by atoms with van der Waals surface area (Å²) in [6.07, 6.45) is 2.36. The number of aromatic nitrogens is 3. The summed E-state index contributed by atoms with van der Waals surface area (Å²) < 4.78 is 14.0. The van der Waals surface area contributed by atoms with Gasteiger partial charge in [0.15, 0.2) is 12.4 Å². The fourth-order valence-corrected chi connectivity index (χ4v) is 2.37. The van der Waals surface area contributed by atoms with Gasteiger partial charge in [0.25, 0.3) is 17.4 Å². The van der Waals surface area contributed by atoms with Crippen molar-refractivity contribution < 1.29 is 19.0 Å². The third-order valence-electron chi connectivity index (χ3n) is 3.69. The zero-order chi connectivity index (χ0) is 19.6. The highest BCUT2D eigenvalue weighted by Gasteiger charge is 2.19. The number of carbonyl (C=O) groups is 1. The number of hydrogen-bond donors (Lipinski definition) is 2. The van der Waals surface area contributed by atoms with Gasteiger partial charge in [0.1, 0.15) is 11.4 Å². The van der Waals surface area contributed by atoms with E-state index in [4.69, 9.17) is 6.57 Å². The lowest BCUT2D eigenvalue weighted by Gasteiger charge is -2.10. The van der Waals surface area contributed by atoms with Crippen LogP contribution in [0.15, 0.2) is 47.5 Å². The minimum absolute atomic E-state index is 0.208. The summed E-state index contributed by atoms with van der Waals surface area (Å²) in [5.41, 5.74) is -0.320. The molecule has 27 heavy (non-hydrogen) atoms. The number of nitrogens with zero attached hydrogens (tertiary/aromatic N) is 3. The molecule has 8 nitrogen and oxygen atoms in total. The van der Waals surface area contributed by atoms with Crippen LogP contribution in [0.2, 0.25) is 0 Å². The van der Waals surface area contributed by atoms with E-state index < -0.39 is 28.6 Å². The Morgan fingerprint density at radius 3 is 2.67 bits per heavy atom. The van der Waals surface area contributed by atoms with Crippen LogP contribution in [0.1, 0.15) is 15.9 Å². The standard InChI is InChI=1S/C18H12FN5O3/c1-10-7-13(8-21-16(10)20-2)24-9-14(25)15(18(27)23-24)17(26)22-12-5-3-11(19)4-6-12/h3-9H,1H3,(H2-,22,23,25,26,27). The Morgan fingerprint density at radius 1 is 1.37 bits per heavy atom. The van der Waals surface area contributed by atoms with Gasteiger partial charge in [-0.3, -0.25) is 9.59 Å². The van der Waals surface area contributed by atoms with Crippen LogP contribution < -0.4 is 20.7 Å². The minimum atomic E-state index is -0.905. The van der Waals surface area contributed by atoms with Gasteiger partial charge in [-0.2, -0.15) is 0 Å². The molecule has 134 valence electrons. The Kier molecular flexibility index (Phi) is 4.64. The predicted molar refractivity (Wildman–Crippen MR) is 91.2 cm³/mol. The second-order valence-corrected chi connectivity index (χ2v) is 5.59. The molecule has 9 heteroatoms. The van der Waals surface area contributed by atoms with Gasteiger partial charge in [0, 0.05) is 11.8 Å². The summed E-state index contributed by atoms with van der Waals surface area (Å²) in [6.45, 7) is 8.66. The lowest BCUT2D eigenvalue weighted by Crippen LogP contribution is -2.43. The van der Waals surface area contributed by atoms with Crippen LogP contribution in [0.3, 0.4) is 0 Å². The molecule has 2 heterocycles. The smallest absolute Gasteiger partial charge is 0.310 e. The molecule has 0 bridgehead atoms. The first-order valence-corrected chi connectivity index (χ1v) is 7.66. The first-order valence-electron chi connectivity index (χ1n) is 7.66. The van der Waals surface area contributed by atoms with Crippen LogP contribution in [-0.2, 0) is 0 Å². The summed E-state index contributed by atoms with van der Waals surface area (Å²) in [7, 11) is 0. The summed E-state index contributed by atoms with van der Waals surface area (Å²) >= 11 is 0. The third-order valence-corrected chi connectivity index (χ3v) is 3.69. The van der Waals surface area contributed by atoms with Crippen molar-refractivity contribution in [3.8, 4) is 11.4 Å². The number of anilines is 1. The maximum Gasteiger partial charge on any atom is 0.310 e. The fraction of sp³-hybridized carbons (Fsp3) is 0.0556. The van der Waals surface area contributed by atoms with Gasteiger partial charge in [-0.25, -0.2) is 4.39 Å². The van der Waals surface area contributed by atoms with E-state index in [1.807, 2.05) is 0 Å². The monoisotopic (exact) mass is 365 g/mol. The van der Waals surface area contributed by atoms with E-state index in [0.717, 1.165) is 23.0 Å². The third kappa shape index (κ3) is 3.64. The van der Waals surface area contributed by atoms with Crippen LogP contribution in [0, 0.1) is 19.3 Å². The summed E-state index contributed by atoms with van der Waals surface area (Å²) in [5.74, 6) is -1.98. The molecule has 0 fully saturated rings. The predicted octanol–water partition coefficient (Wildman–Crippen LogP) is 1.37. The summed E-state index contributed by atoms with van der Waals surface area (Å²) in [5, 5.41) is 17.1. The summed E-state index contributed by atoms with van der Waals surface area (Å²) in [6, 6.07) is 6.47. The lowest BCUT2D eigenvalue weighted by molar-refractivity contribution is -0.664. The largest absolute Gasteiger partial charge is 0.868 e. The number of pyridine rings is 1. The molecule has 1 amide bonds. The highest BCUT2D eigenvalue weighted by atomic mass is 19.1. The molecule has 3 aromatic rings. The van der Waals surface area contributed by atoms with Gasteiger partial charge in [-0.05, 0) is 42.5 Å². The van der Waals surface area contributed by atoms with Crippen molar-refractivity contribution in [2.45, 2.75) is 6.92 Å². The zero-order valence-corrected chi connectivity index (χ0v) is 14.0. The van der Waals surface area contributed by atoms with Crippen molar-refractivity contribution in [2.75, 3.05) is 5.32 Å². The molecule has 0 aliphatic heterocycles. The van der Waals surface area contributed by atoms with E-state index in [0.29, 0.717) is 11.3 Å². The fourth-order valence-electron chi connectivity index (χ4n) is 2.37. The van der Waals surface area contributed by atoms with Gasteiger partial charge in [0.2, 0.25) is 0 Å². The number of H-pyrrole nitrogens is 1. The molecule has 2 N–H and O–H groups in total. The maximum absolute atomic E-state index is 12.9. The molecule has 0 aliphatic rings. The Labute approximate surface area is 152 Å². The number of rotatable bonds is 3. The Bertz CT molecular complexity index is 1130. The van der Waals surface area contributed by atoms with Gasteiger partial charge < -0.3 is 15.3 Å². The average Bonchev–Trinajstić information content (AvgIpc) is 2.63. The van der Waals surface area contributed by atoms with Crippen molar-refractivity contribution in [3.05, 3.63) is 81.4 Å². The second kappa shape index (κ2) is 7.05. The molecule has 1 aromatic carbocycles. The van der Waals surface area contributed by atoms with Crippen molar-refractivity contribution >= 4 is 17.4 Å². The summed E-state index contributed by atoms with van der Waals surface area (Å²) in [4.78, 5) is 31.7. The van der Waals surface area contributed by atoms with E-state index in [-0.39, 0.29) is 11.5 Å². The molecular formula is C18H12FN5O3. The quantitative estimate of drug-likeness (QED) is 0.540. The highest BCUT2D eigenvalue weighted by Crippen LogP contribution is 2.16. The number of carbonyl (C=O) groups excluding carboxylic acids is 1. The van der Waals surface area contributed by atoms with E-state index in [1.165, 1.54) is 18.3 Å². The molecule has 3 rings (SSSR count). The van der Waals surface area contributed by atoms with Crippen molar-refractivity contribution in [2.24, 2.45) is 0 Å². The number of amides is 1. The van der Waals surface area contributed by atoms with Crippen molar-refractivity contribution in [1.82, 2.24) is 10.1 Å². The zero-order valence-electron chi connectivity index (χ0n) is 14.0. The second-order valence-electron chi connectivity index (χ2n) is 5.59. The van der Waals surface area contributed by atoms with Gasteiger partial charge in [-0.15, -0.1) is 10.1 Å². The molecule has 0 radical (unpaired) electrons. The lowest BCUT2D eigenvalue weighted by atomic mass is 10.2. The molecule has 0 unspecified atom stereocenters. The molecular weight excluding hydrogens is 353 g/mol. The highest BCUT2D eigenvalue weighted by molar-refractivity contribution is 6.05. The number of hydrogen-bond acceptors (Lipinski definition) is 4. The van der Waals surface area contributed by atoms with E-state index in [1.54, 1.807) is 13.0 Å². The van der Waals surface area contributed by atoms with Crippen LogP contribution >= 0.6 is 0 Å². The first kappa shape index (κ1) is 17.8. The molecule has 0 saturated heterocycles. The number of halogens is 1. The number of nitrogens with one attached hydrogen (secondary N) is 2. The Morgan fingerprint density at radius 2 is 2.07 bits per heavy atom. The minimum Gasteiger partial charge on any atom is -0.868 e. The van der Waals surface area contributed by atoms with Crippen LogP contribution in [-0.4, -0.2) is 16.0 Å². The number of aromatic amines is 1. The topological polar surface area (TPSA) is 106 Å². The molecule has 0 spiro atoms. The normalized spacial score (nSPS) is 10.3. The van der Waals surface area contributed by atoms with E-state index in [9.17, 15) is 19.1 Å². The van der Waals surface area contributed by atoms with Gasteiger partial charge in [-0.1, -0.05) is 11.3 Å². The van der Waals surface area contributed by atoms with Gasteiger partial charge in [0.05, 0.1) is 0 Å². The Balaban J connectivity index is 1.94. The SMILES string of the molecule is [C-]#[N+]c1ncc(-[n+]2cc([O-])c(C(=O)Nc3ccc(F)cc3)c(=O)[nH]2)cc1C. The first-order chi connectivity index (χ1) is 12.9. The van der Waals surface area contributed by atoms with Gasteiger partial charge >= 0.3 is 5.56 Å². The Hall–Kier alpha value is -4.06. The van der Waals surface area contributed by atoms with Crippen LogP contribution in [0.4, 0.5) is 15.9 Å². The van der Waals surface area contributed by atoms with E-state index >= 15 is 0 Å². The molecule has 0 aliphatic carbocycles. The molecule has 2 aromatic heterocycles. The van der Waals surface area contributed by atoms with Crippen molar-refractivity contribution in [3.63, 3.8) is 0 Å². The maximum atomic E-state index is 12.9. The van der Waals surface area contributed by atoms with E-state index in [2.05, 4.69) is 20.2 Å². The van der Waals surface area contributed by atoms with Crippen LogP contribution in [0.25, 0.3) is 10.5 Å². The van der Waals surface area contributed by atoms with Crippen LogP contribution in [0.5, 0.6) is 5.75 Å².